The van der Waals surface area contributed by atoms with Crippen LogP contribution in [-0.2, 0) is 17.9 Å². The second-order valence-electron chi connectivity index (χ2n) is 12.0. The van der Waals surface area contributed by atoms with Crippen LogP contribution in [0.25, 0.3) is 0 Å². The number of nitrogens with zero attached hydrogens (tertiary/aromatic N) is 4. The standard InChI is InChI=1S/C35H37N5O6/c1-43-30-11-23-18-39-10-6-9-25(39)16-36-28(23)14-32(30)46-21-34(41)38-24-12-26-17-37-29-15-33(45-20-22-7-4-3-5-8-22)31(44-2)13-27(29)35(42)40(26)19-24/h3-5,7-8,11,13-17,24-26H,6,9-10,12,18-21H2,1-2H3,(H,38,41)/t24-,25-,26-/m0/s1. The number of hydrogen-bond donors (Lipinski definition) is 1. The average molecular weight is 624 g/mol. The fourth-order valence-electron chi connectivity index (χ4n) is 6.63. The fraction of sp³-hybridized carbons (Fsp3) is 0.371. The van der Waals surface area contributed by atoms with Crippen molar-refractivity contribution in [1.82, 2.24) is 15.1 Å². The molecule has 11 nitrogen and oxygen atoms in total. The van der Waals surface area contributed by atoms with E-state index < -0.39 is 0 Å². The van der Waals surface area contributed by atoms with E-state index in [0.717, 1.165) is 36.3 Å². The van der Waals surface area contributed by atoms with Gasteiger partial charge in [-0.2, -0.15) is 0 Å². The summed E-state index contributed by atoms with van der Waals surface area (Å²) in [5, 5.41) is 3.03. The molecule has 0 radical (unpaired) electrons. The Kier molecular flexibility index (Phi) is 8.32. The Balaban J connectivity index is 0.986. The Hall–Kier alpha value is -4.90. The highest BCUT2D eigenvalue weighted by atomic mass is 16.5. The van der Waals surface area contributed by atoms with Crippen molar-refractivity contribution in [2.45, 2.75) is 50.5 Å². The van der Waals surface area contributed by atoms with Crippen molar-refractivity contribution in [2.24, 2.45) is 9.98 Å². The zero-order valence-corrected chi connectivity index (χ0v) is 26.0. The summed E-state index contributed by atoms with van der Waals surface area (Å²) in [5.41, 5.74) is 3.88. The Morgan fingerprint density at radius 2 is 1.65 bits per heavy atom. The molecule has 11 heteroatoms. The van der Waals surface area contributed by atoms with Crippen LogP contribution in [0.15, 0.2) is 64.6 Å². The van der Waals surface area contributed by atoms with Crippen LogP contribution in [-0.4, -0.2) is 86.1 Å². The lowest BCUT2D eigenvalue weighted by Crippen LogP contribution is -2.41. The number of carbonyl (C=O) groups excluding carboxylic acids is 2. The highest BCUT2D eigenvalue weighted by molar-refractivity contribution is 6.03. The van der Waals surface area contributed by atoms with Crippen LogP contribution in [0.3, 0.4) is 0 Å². The summed E-state index contributed by atoms with van der Waals surface area (Å²) < 4.78 is 23.1. The molecule has 238 valence electrons. The molecule has 7 rings (SSSR count). The summed E-state index contributed by atoms with van der Waals surface area (Å²) in [6, 6.07) is 16.9. The summed E-state index contributed by atoms with van der Waals surface area (Å²) in [7, 11) is 3.14. The summed E-state index contributed by atoms with van der Waals surface area (Å²) >= 11 is 0. The summed E-state index contributed by atoms with van der Waals surface area (Å²) in [6.45, 7) is 2.38. The molecular weight excluding hydrogens is 586 g/mol. The number of fused-ring (bicyclic) bond motifs is 4. The molecule has 4 aliphatic rings. The lowest BCUT2D eigenvalue weighted by molar-refractivity contribution is -0.123. The van der Waals surface area contributed by atoms with Gasteiger partial charge in [0.25, 0.3) is 11.8 Å². The van der Waals surface area contributed by atoms with E-state index in [1.54, 1.807) is 37.5 Å². The minimum Gasteiger partial charge on any atom is -0.493 e. The monoisotopic (exact) mass is 623 g/mol. The third kappa shape index (κ3) is 6.02. The number of rotatable bonds is 9. The highest BCUT2D eigenvalue weighted by Crippen LogP contribution is 2.39. The van der Waals surface area contributed by atoms with Crippen molar-refractivity contribution in [2.75, 3.05) is 33.9 Å². The molecule has 2 fully saturated rings. The van der Waals surface area contributed by atoms with Gasteiger partial charge in [0.2, 0.25) is 0 Å². The molecule has 3 aromatic carbocycles. The first-order chi connectivity index (χ1) is 22.5. The van der Waals surface area contributed by atoms with Gasteiger partial charge in [-0.15, -0.1) is 0 Å². The third-order valence-corrected chi connectivity index (χ3v) is 9.00. The van der Waals surface area contributed by atoms with Gasteiger partial charge >= 0.3 is 0 Å². The smallest absolute Gasteiger partial charge is 0.258 e. The topological polar surface area (TPSA) is 114 Å². The molecule has 2 amide bonds. The van der Waals surface area contributed by atoms with E-state index in [0.29, 0.717) is 59.9 Å². The van der Waals surface area contributed by atoms with Crippen LogP contribution < -0.4 is 24.3 Å². The summed E-state index contributed by atoms with van der Waals surface area (Å²) in [6.07, 6.45) is 6.61. The maximum atomic E-state index is 13.7. The zero-order valence-electron chi connectivity index (χ0n) is 26.0. The molecule has 0 unspecified atom stereocenters. The van der Waals surface area contributed by atoms with Crippen LogP contribution in [0.2, 0.25) is 0 Å². The number of methoxy groups -OCH3 is 2. The Bertz CT molecular complexity index is 1690. The molecule has 0 spiro atoms. The predicted molar refractivity (Wildman–Crippen MR) is 173 cm³/mol. The predicted octanol–water partition coefficient (Wildman–Crippen LogP) is 4.46. The largest absolute Gasteiger partial charge is 0.493 e. The van der Waals surface area contributed by atoms with Crippen LogP contribution in [0.1, 0.15) is 40.7 Å². The second kappa shape index (κ2) is 12.8. The Morgan fingerprint density at radius 3 is 2.48 bits per heavy atom. The van der Waals surface area contributed by atoms with E-state index in [4.69, 9.17) is 23.9 Å². The van der Waals surface area contributed by atoms with Gasteiger partial charge in [0.1, 0.15) is 6.61 Å². The second-order valence-corrected chi connectivity index (χ2v) is 12.0. The van der Waals surface area contributed by atoms with Gasteiger partial charge < -0.3 is 29.2 Å². The van der Waals surface area contributed by atoms with Crippen molar-refractivity contribution in [3.63, 3.8) is 0 Å². The number of carbonyl (C=O) groups is 2. The SMILES string of the molecule is COc1cc2c(cc1OCC(=O)N[C@H]1C[C@H]3C=Nc4cc(OCc5ccccc5)c(OC)cc4C(=O)N3C1)N=C[C@@H]1CCCN1C2. The van der Waals surface area contributed by atoms with Crippen molar-refractivity contribution in [1.29, 1.82) is 0 Å². The number of aliphatic imine (C=N–C) groups is 2. The molecule has 2 saturated heterocycles. The quantitative estimate of drug-likeness (QED) is 0.375. The van der Waals surface area contributed by atoms with E-state index >= 15 is 0 Å². The molecular formula is C35H37N5O6. The lowest BCUT2D eigenvalue weighted by Gasteiger charge is -2.21. The van der Waals surface area contributed by atoms with Gasteiger partial charge in [0.05, 0.1) is 37.2 Å². The first-order valence-electron chi connectivity index (χ1n) is 15.6. The van der Waals surface area contributed by atoms with Gasteiger partial charge in [-0.1, -0.05) is 30.3 Å². The van der Waals surface area contributed by atoms with Crippen molar-refractivity contribution in [3.05, 3.63) is 71.3 Å². The number of benzene rings is 3. The zero-order chi connectivity index (χ0) is 31.6. The van der Waals surface area contributed by atoms with Crippen LogP contribution >= 0.6 is 0 Å². The van der Waals surface area contributed by atoms with Gasteiger partial charge in [-0.25, -0.2) is 0 Å². The molecule has 0 aliphatic carbocycles. The van der Waals surface area contributed by atoms with E-state index in [2.05, 4.69) is 15.2 Å². The average Bonchev–Trinajstić information content (AvgIpc) is 3.63. The van der Waals surface area contributed by atoms with E-state index in [-0.39, 0.29) is 30.5 Å². The molecule has 0 aromatic heterocycles. The van der Waals surface area contributed by atoms with E-state index in [9.17, 15) is 9.59 Å². The van der Waals surface area contributed by atoms with E-state index in [1.807, 2.05) is 48.7 Å². The molecule has 0 saturated carbocycles. The molecule has 46 heavy (non-hydrogen) atoms. The number of ether oxygens (including phenoxy) is 4. The van der Waals surface area contributed by atoms with Gasteiger partial charge in [0, 0.05) is 49.7 Å². The number of hydrogen-bond acceptors (Lipinski definition) is 9. The summed E-state index contributed by atoms with van der Waals surface area (Å²) in [4.78, 5) is 40.2. The normalized spacial score (nSPS) is 21.4. The first kappa shape index (κ1) is 29.8. The van der Waals surface area contributed by atoms with Crippen LogP contribution in [0.4, 0.5) is 11.4 Å². The van der Waals surface area contributed by atoms with Crippen LogP contribution in [0, 0.1) is 0 Å². The molecule has 4 aliphatic heterocycles. The fourth-order valence-corrected chi connectivity index (χ4v) is 6.63. The molecule has 3 atom stereocenters. The molecule has 1 N–H and O–H groups in total. The first-order valence-corrected chi connectivity index (χ1v) is 15.6. The Morgan fingerprint density at radius 1 is 0.913 bits per heavy atom. The highest BCUT2D eigenvalue weighted by Gasteiger charge is 2.38. The molecule has 0 bridgehead atoms. The van der Waals surface area contributed by atoms with Crippen molar-refractivity contribution >= 4 is 35.6 Å². The van der Waals surface area contributed by atoms with Crippen LogP contribution in [0.5, 0.6) is 23.0 Å². The molecule has 4 heterocycles. The minimum atomic E-state index is -0.282. The Labute approximate surface area is 267 Å². The lowest BCUT2D eigenvalue weighted by atomic mass is 10.1. The number of amides is 2. The van der Waals surface area contributed by atoms with Gasteiger partial charge in [0.15, 0.2) is 29.6 Å². The van der Waals surface area contributed by atoms with Crippen molar-refractivity contribution < 1.29 is 28.5 Å². The third-order valence-electron chi connectivity index (χ3n) is 9.00. The maximum Gasteiger partial charge on any atom is 0.258 e. The summed E-state index contributed by atoms with van der Waals surface area (Å²) in [5.74, 6) is 1.55. The van der Waals surface area contributed by atoms with Gasteiger partial charge in [-0.3, -0.25) is 24.5 Å². The van der Waals surface area contributed by atoms with E-state index in [1.165, 1.54) is 6.42 Å². The molecule has 3 aromatic rings. The van der Waals surface area contributed by atoms with Gasteiger partial charge in [-0.05, 0) is 49.1 Å². The van der Waals surface area contributed by atoms with Crippen molar-refractivity contribution in [3.8, 4) is 23.0 Å². The minimum absolute atomic E-state index is 0.172. The maximum absolute atomic E-state index is 13.7. The number of nitrogens with one attached hydrogen (secondary N) is 1.